The summed E-state index contributed by atoms with van der Waals surface area (Å²) in [6.07, 6.45) is 0.920. The quantitative estimate of drug-likeness (QED) is 0.613. The van der Waals surface area contributed by atoms with Crippen molar-refractivity contribution in [2.45, 2.75) is 23.7 Å². The number of amides is 2. The number of carbonyl (C=O) groups is 2. The first kappa shape index (κ1) is 17.5. The van der Waals surface area contributed by atoms with Crippen molar-refractivity contribution >= 4 is 29.3 Å². The van der Waals surface area contributed by atoms with E-state index < -0.39 is 11.7 Å². The van der Waals surface area contributed by atoms with E-state index in [1.807, 2.05) is 18.2 Å². The Morgan fingerprint density at radius 1 is 1.24 bits per heavy atom. The van der Waals surface area contributed by atoms with Crippen LogP contribution in [0.2, 0.25) is 0 Å². The number of rotatable bonds is 6. The molecule has 3 rings (SSSR count). The number of halogens is 1. The van der Waals surface area contributed by atoms with Crippen LogP contribution in [-0.2, 0) is 9.59 Å². The standard InChI is InChI=1S/C19H19FN2O2S/c20-13-7-8-15-16(12-18(23)22-17(15)11-13)19(24)21-9-4-10-25-14-5-2-1-3-6-14/h1-3,5-8,11,16H,4,9-10,12H2,(H,21,24)(H,22,23). The van der Waals surface area contributed by atoms with Gasteiger partial charge in [-0.1, -0.05) is 24.3 Å². The van der Waals surface area contributed by atoms with E-state index in [-0.39, 0.29) is 18.2 Å². The second-order valence-electron chi connectivity index (χ2n) is 5.84. The van der Waals surface area contributed by atoms with Gasteiger partial charge >= 0.3 is 0 Å². The smallest absolute Gasteiger partial charge is 0.228 e. The SMILES string of the molecule is O=C1CC(C(=O)NCCCSc2ccccc2)c2ccc(F)cc2N1. The predicted molar refractivity (Wildman–Crippen MR) is 97.2 cm³/mol. The fourth-order valence-corrected chi connectivity index (χ4v) is 3.66. The second-order valence-corrected chi connectivity index (χ2v) is 7.01. The lowest BCUT2D eigenvalue weighted by Crippen LogP contribution is -2.35. The van der Waals surface area contributed by atoms with Crippen molar-refractivity contribution in [3.63, 3.8) is 0 Å². The zero-order chi connectivity index (χ0) is 17.6. The lowest BCUT2D eigenvalue weighted by molar-refractivity contribution is -0.126. The molecule has 2 aromatic rings. The van der Waals surface area contributed by atoms with Gasteiger partial charge in [0.15, 0.2) is 0 Å². The summed E-state index contributed by atoms with van der Waals surface area (Å²) < 4.78 is 13.3. The van der Waals surface area contributed by atoms with Gasteiger partial charge in [0.05, 0.1) is 5.92 Å². The number of hydrogen-bond acceptors (Lipinski definition) is 3. The number of hydrogen-bond donors (Lipinski definition) is 2. The second kappa shape index (κ2) is 8.16. The van der Waals surface area contributed by atoms with Crippen molar-refractivity contribution in [2.75, 3.05) is 17.6 Å². The third-order valence-electron chi connectivity index (χ3n) is 4.00. The summed E-state index contributed by atoms with van der Waals surface area (Å²) in [5.41, 5.74) is 1.05. The van der Waals surface area contributed by atoms with Gasteiger partial charge < -0.3 is 10.6 Å². The number of fused-ring (bicyclic) bond motifs is 1. The molecule has 2 aromatic carbocycles. The average Bonchev–Trinajstić information content (AvgIpc) is 2.61. The van der Waals surface area contributed by atoms with Crippen LogP contribution in [0.1, 0.15) is 24.3 Å². The van der Waals surface area contributed by atoms with Gasteiger partial charge in [-0.15, -0.1) is 11.8 Å². The maximum Gasteiger partial charge on any atom is 0.228 e. The van der Waals surface area contributed by atoms with Crippen LogP contribution in [0.15, 0.2) is 53.4 Å². The molecule has 0 bridgehead atoms. The molecule has 0 radical (unpaired) electrons. The van der Waals surface area contributed by atoms with Crippen LogP contribution in [0.4, 0.5) is 10.1 Å². The molecule has 0 fully saturated rings. The van der Waals surface area contributed by atoms with E-state index in [2.05, 4.69) is 22.8 Å². The van der Waals surface area contributed by atoms with E-state index >= 15 is 0 Å². The molecule has 6 heteroatoms. The highest BCUT2D eigenvalue weighted by molar-refractivity contribution is 7.99. The minimum atomic E-state index is -0.564. The van der Waals surface area contributed by atoms with E-state index in [4.69, 9.17) is 0 Å². The Kier molecular flexibility index (Phi) is 5.71. The molecule has 4 nitrogen and oxygen atoms in total. The fourth-order valence-electron chi connectivity index (χ4n) is 2.78. The van der Waals surface area contributed by atoms with Crippen LogP contribution >= 0.6 is 11.8 Å². The van der Waals surface area contributed by atoms with Crippen LogP contribution in [0.25, 0.3) is 0 Å². The average molecular weight is 358 g/mol. The van der Waals surface area contributed by atoms with E-state index in [1.165, 1.54) is 17.0 Å². The highest BCUT2D eigenvalue weighted by Gasteiger charge is 2.30. The Morgan fingerprint density at radius 3 is 2.84 bits per heavy atom. The minimum Gasteiger partial charge on any atom is -0.356 e. The molecular formula is C19H19FN2O2S. The molecule has 0 aromatic heterocycles. The molecule has 1 atom stereocenters. The largest absolute Gasteiger partial charge is 0.356 e. The van der Waals surface area contributed by atoms with Crippen molar-refractivity contribution in [3.05, 3.63) is 59.9 Å². The van der Waals surface area contributed by atoms with E-state index in [0.29, 0.717) is 17.8 Å². The van der Waals surface area contributed by atoms with Gasteiger partial charge in [0.25, 0.3) is 0 Å². The van der Waals surface area contributed by atoms with Gasteiger partial charge in [-0.05, 0) is 42.0 Å². The molecule has 2 amide bonds. The molecule has 0 saturated carbocycles. The third kappa shape index (κ3) is 4.60. The van der Waals surface area contributed by atoms with Crippen molar-refractivity contribution < 1.29 is 14.0 Å². The summed E-state index contributed by atoms with van der Waals surface area (Å²) in [6.45, 7) is 0.549. The van der Waals surface area contributed by atoms with Crippen molar-refractivity contribution in [1.29, 1.82) is 0 Å². The maximum atomic E-state index is 13.3. The fraction of sp³-hybridized carbons (Fsp3) is 0.263. The molecule has 1 aliphatic rings. The Bertz CT molecular complexity index is 767. The maximum absolute atomic E-state index is 13.3. The summed E-state index contributed by atoms with van der Waals surface area (Å²) in [4.78, 5) is 25.4. The summed E-state index contributed by atoms with van der Waals surface area (Å²) in [7, 11) is 0. The van der Waals surface area contributed by atoms with Gasteiger partial charge in [-0.2, -0.15) is 0 Å². The monoisotopic (exact) mass is 358 g/mol. The zero-order valence-corrected chi connectivity index (χ0v) is 14.4. The lowest BCUT2D eigenvalue weighted by Gasteiger charge is -2.24. The van der Waals surface area contributed by atoms with Gasteiger partial charge in [-0.25, -0.2) is 4.39 Å². The van der Waals surface area contributed by atoms with E-state index in [0.717, 1.165) is 12.2 Å². The summed E-state index contributed by atoms with van der Waals surface area (Å²) in [6, 6.07) is 14.2. The first-order chi connectivity index (χ1) is 12.1. The van der Waals surface area contributed by atoms with Crippen molar-refractivity contribution in [3.8, 4) is 0 Å². The van der Waals surface area contributed by atoms with Gasteiger partial charge in [0.2, 0.25) is 11.8 Å². The van der Waals surface area contributed by atoms with Crippen LogP contribution in [0.3, 0.4) is 0 Å². The Morgan fingerprint density at radius 2 is 2.04 bits per heavy atom. The normalized spacial score (nSPS) is 16.0. The highest BCUT2D eigenvalue weighted by atomic mass is 32.2. The molecule has 130 valence electrons. The van der Waals surface area contributed by atoms with Crippen LogP contribution < -0.4 is 10.6 Å². The first-order valence-electron chi connectivity index (χ1n) is 8.18. The van der Waals surface area contributed by atoms with Crippen LogP contribution in [-0.4, -0.2) is 24.1 Å². The van der Waals surface area contributed by atoms with Gasteiger partial charge in [-0.3, -0.25) is 9.59 Å². The number of anilines is 1. The van der Waals surface area contributed by atoms with E-state index in [9.17, 15) is 14.0 Å². The molecule has 0 aliphatic carbocycles. The summed E-state index contributed by atoms with van der Waals surface area (Å²) in [5.74, 6) is -0.550. The zero-order valence-electron chi connectivity index (χ0n) is 13.6. The minimum absolute atomic E-state index is 0.0865. The predicted octanol–water partition coefficient (Wildman–Crippen LogP) is 3.55. The first-order valence-corrected chi connectivity index (χ1v) is 9.17. The van der Waals surface area contributed by atoms with Crippen molar-refractivity contribution in [1.82, 2.24) is 5.32 Å². The summed E-state index contributed by atoms with van der Waals surface area (Å²) >= 11 is 1.74. The summed E-state index contributed by atoms with van der Waals surface area (Å²) in [5, 5.41) is 5.51. The molecule has 0 spiro atoms. The molecule has 0 saturated heterocycles. The number of benzene rings is 2. The molecule has 1 aliphatic heterocycles. The van der Waals surface area contributed by atoms with Crippen LogP contribution in [0, 0.1) is 5.82 Å². The lowest BCUT2D eigenvalue weighted by atomic mass is 9.89. The molecule has 1 unspecified atom stereocenters. The Balaban J connectivity index is 1.51. The number of nitrogens with one attached hydrogen (secondary N) is 2. The van der Waals surface area contributed by atoms with Crippen LogP contribution in [0.5, 0.6) is 0 Å². The number of thioether (sulfide) groups is 1. The molecule has 1 heterocycles. The van der Waals surface area contributed by atoms with Gasteiger partial charge in [0.1, 0.15) is 5.82 Å². The van der Waals surface area contributed by atoms with E-state index in [1.54, 1.807) is 17.8 Å². The highest BCUT2D eigenvalue weighted by Crippen LogP contribution is 2.32. The molecule has 2 N–H and O–H groups in total. The Hall–Kier alpha value is -2.34. The van der Waals surface area contributed by atoms with Crippen molar-refractivity contribution in [2.24, 2.45) is 0 Å². The topological polar surface area (TPSA) is 58.2 Å². The third-order valence-corrected chi connectivity index (χ3v) is 5.10. The van der Waals surface area contributed by atoms with Gasteiger partial charge in [0, 0.05) is 23.5 Å². The molecular weight excluding hydrogens is 339 g/mol. The molecule has 25 heavy (non-hydrogen) atoms. The number of carbonyl (C=O) groups excluding carboxylic acids is 2. The Labute approximate surface area is 150 Å².